The number of nitro benzene ring substituents is 1. The summed E-state index contributed by atoms with van der Waals surface area (Å²) >= 11 is 0. The van der Waals surface area contributed by atoms with Gasteiger partial charge in [0.1, 0.15) is 0 Å². The molecule has 0 aliphatic heterocycles. The Balaban J connectivity index is 2.31. The predicted molar refractivity (Wildman–Crippen MR) is 74.1 cm³/mol. The van der Waals surface area contributed by atoms with Crippen LogP contribution in [-0.4, -0.2) is 16.5 Å². The first kappa shape index (κ1) is 13.3. The van der Waals surface area contributed by atoms with Gasteiger partial charge in [0.25, 0.3) is 5.69 Å². The fourth-order valence-corrected chi connectivity index (χ4v) is 2.17. The monoisotopic (exact) mass is 259 g/mol. The summed E-state index contributed by atoms with van der Waals surface area (Å²) in [4.78, 5) is 10.6. The first-order valence-corrected chi connectivity index (χ1v) is 6.15. The normalized spacial score (nSPS) is 10.6. The molecule has 5 heteroatoms. The van der Waals surface area contributed by atoms with Gasteiger partial charge >= 0.3 is 0 Å². The highest BCUT2D eigenvalue weighted by Gasteiger charge is 2.13. The van der Waals surface area contributed by atoms with Crippen LogP contribution < -0.4 is 5.32 Å². The summed E-state index contributed by atoms with van der Waals surface area (Å²) in [6, 6.07) is 9.25. The minimum atomic E-state index is -0.330. The second-order valence-corrected chi connectivity index (χ2v) is 4.48. The van der Waals surface area contributed by atoms with Crippen LogP contribution in [0.1, 0.15) is 16.8 Å². The molecule has 2 aromatic rings. The molecule has 0 radical (unpaired) electrons. The van der Waals surface area contributed by atoms with Gasteiger partial charge in [0.2, 0.25) is 0 Å². The molecule has 0 amide bonds. The lowest BCUT2D eigenvalue weighted by Gasteiger charge is -2.11. The fourth-order valence-electron chi connectivity index (χ4n) is 2.17. The smallest absolute Gasteiger partial charge is 0.272 e. The number of hydrogen-bond acceptors (Lipinski definition) is 3. The molecule has 0 atom stereocenters. The summed E-state index contributed by atoms with van der Waals surface area (Å²) in [6.45, 7) is 3.23. The molecular formula is C14H17N3O2. The van der Waals surface area contributed by atoms with Gasteiger partial charge < -0.3 is 9.88 Å². The Hall–Kier alpha value is -2.14. The van der Waals surface area contributed by atoms with Crippen LogP contribution in [0.2, 0.25) is 0 Å². The molecular weight excluding hydrogens is 242 g/mol. The van der Waals surface area contributed by atoms with E-state index >= 15 is 0 Å². The van der Waals surface area contributed by atoms with Crippen molar-refractivity contribution in [3.8, 4) is 0 Å². The minimum Gasteiger partial charge on any atom is -0.346 e. The topological polar surface area (TPSA) is 60.1 Å². The van der Waals surface area contributed by atoms with E-state index in [2.05, 4.69) is 9.88 Å². The van der Waals surface area contributed by atoms with Crippen molar-refractivity contribution in [3.05, 3.63) is 63.5 Å². The zero-order valence-electron chi connectivity index (χ0n) is 11.1. The molecule has 1 heterocycles. The highest BCUT2D eigenvalue weighted by Crippen LogP contribution is 2.22. The Morgan fingerprint density at radius 3 is 2.79 bits per heavy atom. The van der Waals surface area contributed by atoms with Crippen LogP contribution in [0, 0.1) is 17.0 Å². The number of benzene rings is 1. The third kappa shape index (κ3) is 2.82. The molecule has 5 nitrogen and oxygen atoms in total. The van der Waals surface area contributed by atoms with E-state index in [-0.39, 0.29) is 10.6 Å². The number of nitrogens with zero attached hydrogens (tertiary/aromatic N) is 2. The average Bonchev–Trinajstić information content (AvgIpc) is 2.79. The number of nitro groups is 1. The van der Waals surface area contributed by atoms with E-state index in [0.717, 1.165) is 23.4 Å². The number of rotatable bonds is 5. The third-order valence-corrected chi connectivity index (χ3v) is 3.24. The van der Waals surface area contributed by atoms with Crippen molar-refractivity contribution in [2.24, 2.45) is 0 Å². The second-order valence-electron chi connectivity index (χ2n) is 4.48. The molecule has 0 unspecified atom stereocenters. The van der Waals surface area contributed by atoms with Crippen molar-refractivity contribution in [2.45, 2.75) is 20.0 Å². The van der Waals surface area contributed by atoms with Crippen molar-refractivity contribution < 1.29 is 4.92 Å². The van der Waals surface area contributed by atoms with E-state index in [9.17, 15) is 10.1 Å². The van der Waals surface area contributed by atoms with Crippen LogP contribution in [0.15, 0.2) is 36.5 Å². The standard InChI is InChI=1S/C14H17N3O2/c1-11-12(5-3-7-14(11)17(18)19)10-16-8-4-6-13(16)9-15-2/h3-8,15H,9-10H2,1-2H3. The summed E-state index contributed by atoms with van der Waals surface area (Å²) in [5.41, 5.74) is 3.05. The van der Waals surface area contributed by atoms with Crippen LogP contribution in [0.3, 0.4) is 0 Å². The third-order valence-electron chi connectivity index (χ3n) is 3.24. The van der Waals surface area contributed by atoms with Gasteiger partial charge in [-0.1, -0.05) is 12.1 Å². The quantitative estimate of drug-likeness (QED) is 0.663. The molecule has 0 bridgehead atoms. The summed E-state index contributed by atoms with van der Waals surface area (Å²) < 4.78 is 2.10. The largest absolute Gasteiger partial charge is 0.346 e. The first-order chi connectivity index (χ1) is 9.13. The summed E-state index contributed by atoms with van der Waals surface area (Å²) in [5.74, 6) is 0. The van der Waals surface area contributed by atoms with E-state index in [1.54, 1.807) is 19.1 Å². The molecule has 0 spiro atoms. The lowest BCUT2D eigenvalue weighted by atomic mass is 10.1. The molecule has 0 aliphatic carbocycles. The highest BCUT2D eigenvalue weighted by atomic mass is 16.6. The van der Waals surface area contributed by atoms with Crippen molar-refractivity contribution in [1.82, 2.24) is 9.88 Å². The minimum absolute atomic E-state index is 0.180. The Labute approximate surface area is 112 Å². The lowest BCUT2D eigenvalue weighted by Crippen LogP contribution is -2.12. The van der Waals surface area contributed by atoms with E-state index < -0.39 is 0 Å². The van der Waals surface area contributed by atoms with Gasteiger partial charge in [-0.05, 0) is 31.7 Å². The molecule has 0 fully saturated rings. The summed E-state index contributed by atoms with van der Waals surface area (Å²) in [7, 11) is 1.90. The van der Waals surface area contributed by atoms with Crippen LogP contribution >= 0.6 is 0 Å². The molecule has 2 rings (SSSR count). The summed E-state index contributed by atoms with van der Waals surface area (Å²) in [6.07, 6.45) is 1.99. The van der Waals surface area contributed by atoms with Crippen LogP contribution in [0.5, 0.6) is 0 Å². The highest BCUT2D eigenvalue weighted by molar-refractivity contribution is 5.44. The number of aromatic nitrogens is 1. The zero-order chi connectivity index (χ0) is 13.8. The number of hydrogen-bond donors (Lipinski definition) is 1. The maximum absolute atomic E-state index is 10.9. The molecule has 100 valence electrons. The molecule has 0 aliphatic rings. The van der Waals surface area contributed by atoms with Crippen molar-refractivity contribution in [3.63, 3.8) is 0 Å². The van der Waals surface area contributed by atoms with E-state index in [4.69, 9.17) is 0 Å². The van der Waals surface area contributed by atoms with E-state index in [1.165, 1.54) is 0 Å². The van der Waals surface area contributed by atoms with Gasteiger partial charge in [-0.3, -0.25) is 10.1 Å². The van der Waals surface area contributed by atoms with Crippen molar-refractivity contribution in [1.29, 1.82) is 0 Å². The maximum atomic E-state index is 10.9. The van der Waals surface area contributed by atoms with Gasteiger partial charge in [0.05, 0.1) is 4.92 Å². The van der Waals surface area contributed by atoms with Gasteiger partial charge in [-0.15, -0.1) is 0 Å². The number of nitrogens with one attached hydrogen (secondary N) is 1. The van der Waals surface area contributed by atoms with Crippen molar-refractivity contribution in [2.75, 3.05) is 7.05 Å². The van der Waals surface area contributed by atoms with Gasteiger partial charge in [-0.2, -0.15) is 0 Å². The molecule has 1 aromatic heterocycles. The fraction of sp³-hybridized carbons (Fsp3) is 0.286. The predicted octanol–water partition coefficient (Wildman–Crippen LogP) is 2.47. The average molecular weight is 259 g/mol. The molecule has 19 heavy (non-hydrogen) atoms. The molecule has 0 saturated heterocycles. The molecule has 0 saturated carbocycles. The molecule has 1 N–H and O–H groups in total. The maximum Gasteiger partial charge on any atom is 0.272 e. The molecule has 1 aromatic carbocycles. The van der Waals surface area contributed by atoms with Crippen LogP contribution in [0.25, 0.3) is 0 Å². The SMILES string of the molecule is CNCc1cccn1Cc1cccc([N+](=O)[O-])c1C. The van der Waals surface area contributed by atoms with E-state index in [1.807, 2.05) is 31.4 Å². The Morgan fingerprint density at radius 1 is 1.32 bits per heavy atom. The van der Waals surface area contributed by atoms with Crippen molar-refractivity contribution >= 4 is 5.69 Å². The Kier molecular flexibility index (Phi) is 3.97. The summed E-state index contributed by atoms with van der Waals surface area (Å²) in [5, 5.41) is 14.0. The van der Waals surface area contributed by atoms with E-state index in [0.29, 0.717) is 6.54 Å². The zero-order valence-corrected chi connectivity index (χ0v) is 11.1. The van der Waals surface area contributed by atoms with Crippen LogP contribution in [0.4, 0.5) is 5.69 Å². The Morgan fingerprint density at radius 2 is 2.11 bits per heavy atom. The first-order valence-electron chi connectivity index (χ1n) is 6.15. The van der Waals surface area contributed by atoms with Gasteiger partial charge in [0, 0.05) is 36.6 Å². The second kappa shape index (κ2) is 5.67. The van der Waals surface area contributed by atoms with Gasteiger partial charge in [-0.25, -0.2) is 0 Å². The van der Waals surface area contributed by atoms with Crippen LogP contribution in [-0.2, 0) is 13.1 Å². The lowest BCUT2D eigenvalue weighted by molar-refractivity contribution is -0.385. The van der Waals surface area contributed by atoms with Gasteiger partial charge in [0.15, 0.2) is 0 Å². The Bertz CT molecular complexity index is 590.